The molecule has 152 valence electrons. The van der Waals surface area contributed by atoms with Crippen molar-refractivity contribution in [1.29, 1.82) is 0 Å². The van der Waals surface area contributed by atoms with Crippen molar-refractivity contribution >= 4 is 23.3 Å². The van der Waals surface area contributed by atoms with E-state index >= 15 is 0 Å². The Kier molecular flexibility index (Phi) is 5.66. The Morgan fingerprint density at radius 2 is 1.93 bits per heavy atom. The Morgan fingerprint density at radius 3 is 2.54 bits per heavy atom. The van der Waals surface area contributed by atoms with Gasteiger partial charge in [-0.1, -0.05) is 0 Å². The summed E-state index contributed by atoms with van der Waals surface area (Å²) in [6.45, 7) is 1.92. The van der Waals surface area contributed by atoms with Crippen LogP contribution in [-0.4, -0.2) is 46.4 Å². The number of benzene rings is 1. The summed E-state index contributed by atoms with van der Waals surface area (Å²) in [5, 5.41) is 0.00292. The quantitative estimate of drug-likeness (QED) is 0.671. The van der Waals surface area contributed by atoms with E-state index in [1.807, 2.05) is 0 Å². The topological polar surface area (TPSA) is 75.7 Å². The SMILES string of the molecule is O=CN1CCC(COc2cc(F)c(C(=O)NS(=O)C3CC3)cc2C2CC2)CC1. The van der Waals surface area contributed by atoms with E-state index in [-0.39, 0.29) is 16.7 Å². The van der Waals surface area contributed by atoms with Crippen LogP contribution in [0.1, 0.15) is 60.4 Å². The lowest BCUT2D eigenvalue weighted by Crippen LogP contribution is -2.34. The average molecular weight is 408 g/mol. The maximum atomic E-state index is 14.6. The molecule has 1 atom stereocenters. The number of ether oxygens (including phenoxy) is 1. The van der Waals surface area contributed by atoms with Gasteiger partial charge >= 0.3 is 0 Å². The number of hydrogen-bond acceptors (Lipinski definition) is 4. The standard InChI is InChI=1S/C20H25FN2O4S/c21-18-10-19(27-11-13-5-7-23(12-24)8-6-13)16(14-1-2-14)9-17(18)20(25)22-28(26)15-3-4-15/h9-10,12-15H,1-8,11H2,(H,22,25). The second-order valence-electron chi connectivity index (χ2n) is 7.97. The van der Waals surface area contributed by atoms with Crippen LogP contribution in [-0.2, 0) is 15.8 Å². The molecule has 2 amide bonds. The van der Waals surface area contributed by atoms with Gasteiger partial charge in [0.25, 0.3) is 5.91 Å². The Hall–Kier alpha value is -1.96. The van der Waals surface area contributed by atoms with Gasteiger partial charge in [0.15, 0.2) is 0 Å². The predicted octanol–water partition coefficient (Wildman–Crippen LogP) is 2.51. The molecule has 0 bridgehead atoms. The second kappa shape index (κ2) is 8.19. The van der Waals surface area contributed by atoms with Gasteiger partial charge in [-0.2, -0.15) is 0 Å². The monoisotopic (exact) mass is 408 g/mol. The number of rotatable bonds is 8. The van der Waals surface area contributed by atoms with Crippen molar-refractivity contribution < 1.29 is 22.9 Å². The van der Waals surface area contributed by atoms with Crippen LogP contribution in [0.3, 0.4) is 0 Å². The molecule has 1 aromatic rings. The lowest BCUT2D eigenvalue weighted by Gasteiger charge is -2.29. The molecule has 1 heterocycles. The van der Waals surface area contributed by atoms with Crippen LogP contribution in [0.2, 0.25) is 0 Å². The van der Waals surface area contributed by atoms with Crippen molar-refractivity contribution in [2.45, 2.75) is 49.7 Å². The summed E-state index contributed by atoms with van der Waals surface area (Å²) >= 11 is 0. The molecule has 2 aliphatic carbocycles. The maximum absolute atomic E-state index is 14.6. The zero-order valence-corrected chi connectivity index (χ0v) is 16.5. The summed E-state index contributed by atoms with van der Waals surface area (Å²) in [6.07, 6.45) is 6.27. The van der Waals surface area contributed by atoms with E-state index in [9.17, 15) is 18.2 Å². The minimum Gasteiger partial charge on any atom is -0.493 e. The highest BCUT2D eigenvalue weighted by molar-refractivity contribution is 7.84. The van der Waals surface area contributed by atoms with Crippen LogP contribution in [0, 0.1) is 11.7 Å². The largest absolute Gasteiger partial charge is 0.493 e. The molecular formula is C20H25FN2O4S. The number of nitrogens with one attached hydrogen (secondary N) is 1. The Labute approximate surface area is 166 Å². The number of hydrogen-bond donors (Lipinski definition) is 1. The van der Waals surface area contributed by atoms with Crippen molar-refractivity contribution in [1.82, 2.24) is 9.62 Å². The zero-order chi connectivity index (χ0) is 19.7. The van der Waals surface area contributed by atoms with Crippen LogP contribution < -0.4 is 9.46 Å². The van der Waals surface area contributed by atoms with Gasteiger partial charge < -0.3 is 9.64 Å². The fraction of sp³-hybridized carbons (Fsp3) is 0.600. The van der Waals surface area contributed by atoms with Gasteiger partial charge in [0.2, 0.25) is 6.41 Å². The molecule has 28 heavy (non-hydrogen) atoms. The highest BCUT2D eigenvalue weighted by Crippen LogP contribution is 2.45. The van der Waals surface area contributed by atoms with Crippen LogP contribution in [0.4, 0.5) is 4.39 Å². The number of nitrogens with zero attached hydrogens (tertiary/aromatic N) is 1. The molecule has 1 aliphatic heterocycles. The van der Waals surface area contributed by atoms with E-state index in [4.69, 9.17) is 4.74 Å². The normalized spacial score (nSPS) is 21.2. The van der Waals surface area contributed by atoms with Crippen molar-refractivity contribution in [2.24, 2.45) is 5.92 Å². The first-order valence-corrected chi connectivity index (χ1v) is 11.1. The molecule has 2 saturated carbocycles. The van der Waals surface area contributed by atoms with Gasteiger partial charge in [-0.05, 0) is 62.0 Å². The van der Waals surface area contributed by atoms with Crippen molar-refractivity contribution in [3.8, 4) is 5.75 Å². The molecule has 0 spiro atoms. The van der Waals surface area contributed by atoms with Crippen LogP contribution >= 0.6 is 0 Å². The van der Waals surface area contributed by atoms with Gasteiger partial charge in [0.05, 0.1) is 17.4 Å². The lowest BCUT2D eigenvalue weighted by atomic mass is 9.98. The molecule has 0 radical (unpaired) electrons. The minimum absolute atomic E-state index is 0.00292. The van der Waals surface area contributed by atoms with Gasteiger partial charge in [0, 0.05) is 19.2 Å². The predicted molar refractivity (Wildman–Crippen MR) is 103 cm³/mol. The van der Waals surface area contributed by atoms with Crippen molar-refractivity contribution in [2.75, 3.05) is 19.7 Å². The van der Waals surface area contributed by atoms with Gasteiger partial charge in [-0.25, -0.2) is 8.60 Å². The molecule has 0 aromatic heterocycles. The fourth-order valence-electron chi connectivity index (χ4n) is 3.53. The summed E-state index contributed by atoms with van der Waals surface area (Å²) in [5.74, 6) is -0.168. The number of carbonyl (C=O) groups is 2. The van der Waals surface area contributed by atoms with E-state index < -0.39 is 22.7 Å². The molecule has 4 rings (SSSR count). The summed E-state index contributed by atoms with van der Waals surface area (Å²) in [4.78, 5) is 24.9. The third-order valence-electron chi connectivity index (χ3n) is 5.65. The molecule has 1 unspecified atom stereocenters. The van der Waals surface area contributed by atoms with Crippen LogP contribution in [0.5, 0.6) is 5.75 Å². The van der Waals surface area contributed by atoms with Crippen LogP contribution in [0.25, 0.3) is 0 Å². The fourth-order valence-corrected chi connectivity index (χ4v) is 4.55. The molecule has 3 fully saturated rings. The first kappa shape index (κ1) is 19.4. The Morgan fingerprint density at radius 1 is 1.21 bits per heavy atom. The summed E-state index contributed by atoms with van der Waals surface area (Å²) < 4.78 is 34.9. The Bertz CT molecular complexity index is 787. The first-order chi connectivity index (χ1) is 13.5. The minimum atomic E-state index is -1.44. The molecule has 3 aliphatic rings. The maximum Gasteiger partial charge on any atom is 0.265 e. The lowest BCUT2D eigenvalue weighted by molar-refractivity contribution is -0.119. The summed E-state index contributed by atoms with van der Waals surface area (Å²) in [6, 6.07) is 2.86. The van der Waals surface area contributed by atoms with E-state index in [1.54, 1.807) is 11.0 Å². The molecule has 1 saturated heterocycles. The molecule has 1 N–H and O–H groups in total. The van der Waals surface area contributed by atoms with E-state index in [0.717, 1.165) is 63.6 Å². The molecule has 1 aromatic carbocycles. The average Bonchev–Trinajstić information content (AvgIpc) is 3.58. The third kappa shape index (κ3) is 4.54. The molecular weight excluding hydrogens is 383 g/mol. The van der Waals surface area contributed by atoms with E-state index in [1.165, 1.54) is 6.07 Å². The first-order valence-electron chi connectivity index (χ1n) is 9.92. The van der Waals surface area contributed by atoms with E-state index in [2.05, 4.69) is 4.72 Å². The van der Waals surface area contributed by atoms with Gasteiger partial charge in [-0.3, -0.25) is 14.3 Å². The number of carbonyl (C=O) groups excluding carboxylic acids is 2. The van der Waals surface area contributed by atoms with Crippen LogP contribution in [0.15, 0.2) is 12.1 Å². The van der Waals surface area contributed by atoms with Crippen molar-refractivity contribution in [3.05, 3.63) is 29.1 Å². The van der Waals surface area contributed by atoms with Crippen molar-refractivity contribution in [3.63, 3.8) is 0 Å². The highest BCUT2D eigenvalue weighted by Gasteiger charge is 2.32. The number of amides is 2. The molecule has 6 nitrogen and oxygen atoms in total. The number of halogens is 1. The van der Waals surface area contributed by atoms with E-state index in [0.29, 0.717) is 18.3 Å². The number of piperidine rings is 1. The Balaban J connectivity index is 1.44. The van der Waals surface area contributed by atoms with Gasteiger partial charge in [0.1, 0.15) is 22.6 Å². The highest BCUT2D eigenvalue weighted by atomic mass is 32.2. The number of likely N-dealkylation sites (tertiary alicyclic amines) is 1. The zero-order valence-electron chi connectivity index (χ0n) is 15.7. The second-order valence-corrected chi connectivity index (χ2v) is 9.43. The summed E-state index contributed by atoms with van der Waals surface area (Å²) in [7, 11) is -1.44. The molecule has 8 heteroatoms. The smallest absolute Gasteiger partial charge is 0.265 e. The van der Waals surface area contributed by atoms with Gasteiger partial charge in [-0.15, -0.1) is 0 Å². The summed E-state index contributed by atoms with van der Waals surface area (Å²) in [5.41, 5.74) is 0.789. The third-order valence-corrected chi connectivity index (χ3v) is 7.12.